The Bertz CT molecular complexity index is 1940. The number of benzene rings is 1. The van der Waals surface area contributed by atoms with Gasteiger partial charge in [0, 0.05) is 37.1 Å². The van der Waals surface area contributed by atoms with Gasteiger partial charge in [0.05, 0.1) is 36.5 Å². The number of aryl methyl sites for hydroxylation is 1. The monoisotopic (exact) mass is 666 g/mol. The minimum absolute atomic E-state index is 0.0409. The van der Waals surface area contributed by atoms with Gasteiger partial charge in [0.15, 0.2) is 5.82 Å². The van der Waals surface area contributed by atoms with Crippen molar-refractivity contribution < 1.29 is 30.4 Å². The van der Waals surface area contributed by atoms with E-state index >= 15 is 0 Å². The summed E-state index contributed by atoms with van der Waals surface area (Å²) in [5.74, 6) is 0.403. The number of rotatable bonds is 12. The van der Waals surface area contributed by atoms with Crippen LogP contribution in [0.2, 0.25) is 0 Å². The van der Waals surface area contributed by atoms with Crippen LogP contribution in [0.3, 0.4) is 0 Å². The summed E-state index contributed by atoms with van der Waals surface area (Å²) in [6.45, 7) is 2.45. The lowest BCUT2D eigenvalue weighted by Gasteiger charge is -2.30. The highest BCUT2D eigenvalue weighted by atomic mass is 32.2. The molecule has 1 aliphatic rings. The first-order valence-corrected chi connectivity index (χ1v) is 17.3. The van der Waals surface area contributed by atoms with Crippen LogP contribution in [0.25, 0.3) is 11.0 Å². The molecule has 1 saturated heterocycles. The number of pyridine rings is 1. The molecule has 0 amide bonds. The van der Waals surface area contributed by atoms with Crippen molar-refractivity contribution in [2.24, 2.45) is 0 Å². The molecular formula is C27H32F2N8O6S2. The minimum Gasteiger partial charge on any atom is -0.379 e. The summed E-state index contributed by atoms with van der Waals surface area (Å²) < 4.78 is 85.5. The number of nitrogens with one attached hydrogen (secondary N) is 1. The van der Waals surface area contributed by atoms with Crippen LogP contribution in [0, 0.1) is 6.92 Å². The fourth-order valence-electron chi connectivity index (χ4n) is 4.88. The lowest BCUT2D eigenvalue weighted by molar-refractivity contribution is 0.126. The molecule has 0 unspecified atom stereocenters. The summed E-state index contributed by atoms with van der Waals surface area (Å²) in [5.41, 5.74) is -0.547. The fourth-order valence-corrected chi connectivity index (χ4v) is 6.82. The zero-order chi connectivity index (χ0) is 32.4. The van der Waals surface area contributed by atoms with Gasteiger partial charge in [-0.3, -0.25) is 9.36 Å². The molecule has 1 N–H and O–H groups in total. The predicted octanol–water partition coefficient (Wildman–Crippen LogP) is 1.96. The van der Waals surface area contributed by atoms with E-state index in [2.05, 4.69) is 25.4 Å². The molecule has 4 heterocycles. The van der Waals surface area contributed by atoms with E-state index in [-0.39, 0.29) is 59.9 Å². The lowest BCUT2D eigenvalue weighted by Crippen LogP contribution is -2.42. The van der Waals surface area contributed by atoms with Gasteiger partial charge in [-0.2, -0.15) is 13.4 Å². The minimum atomic E-state index is -3.91. The molecule has 0 saturated carbocycles. The van der Waals surface area contributed by atoms with Gasteiger partial charge in [-0.25, -0.2) is 31.5 Å². The van der Waals surface area contributed by atoms with E-state index < -0.39 is 37.6 Å². The average molecular weight is 667 g/mol. The van der Waals surface area contributed by atoms with Crippen LogP contribution in [0.5, 0.6) is 0 Å². The van der Waals surface area contributed by atoms with E-state index in [1.165, 1.54) is 22.6 Å². The number of nitrogens with zero attached hydrogens (tertiary/aromatic N) is 7. The van der Waals surface area contributed by atoms with Gasteiger partial charge in [-0.1, -0.05) is 17.7 Å². The van der Waals surface area contributed by atoms with E-state index in [4.69, 9.17) is 4.74 Å². The summed E-state index contributed by atoms with van der Waals surface area (Å²) >= 11 is 0. The lowest BCUT2D eigenvalue weighted by atomic mass is 10.1. The maximum atomic E-state index is 13.7. The highest BCUT2D eigenvalue weighted by molar-refractivity contribution is 7.89. The Morgan fingerprint density at radius 3 is 2.44 bits per heavy atom. The van der Waals surface area contributed by atoms with Crippen molar-refractivity contribution in [2.45, 2.75) is 50.1 Å². The van der Waals surface area contributed by atoms with Crippen molar-refractivity contribution in [3.8, 4) is 0 Å². The van der Waals surface area contributed by atoms with Gasteiger partial charge < -0.3 is 10.1 Å². The Labute approximate surface area is 258 Å². The molecule has 3 aromatic heterocycles. The maximum absolute atomic E-state index is 13.7. The molecule has 45 heavy (non-hydrogen) atoms. The van der Waals surface area contributed by atoms with E-state index in [1.807, 2.05) is 6.92 Å². The van der Waals surface area contributed by atoms with Crippen LogP contribution in [-0.2, 0) is 37.7 Å². The molecule has 242 valence electrons. The number of hydrogen-bond donors (Lipinski definition) is 1. The van der Waals surface area contributed by atoms with Crippen LogP contribution < -0.4 is 10.9 Å². The second-order valence-electron chi connectivity index (χ2n) is 10.6. The fraction of sp³-hybridized carbons (Fsp3) is 0.444. The summed E-state index contributed by atoms with van der Waals surface area (Å²) in [6, 6.07) is 7.28. The number of ether oxygens (including phenoxy) is 1. The first-order chi connectivity index (χ1) is 21.3. The van der Waals surface area contributed by atoms with Crippen LogP contribution >= 0.6 is 0 Å². The Kier molecular flexibility index (Phi) is 9.57. The normalized spacial score (nSPS) is 15.2. The van der Waals surface area contributed by atoms with Crippen molar-refractivity contribution in [1.29, 1.82) is 0 Å². The van der Waals surface area contributed by atoms with E-state index in [0.717, 1.165) is 32.9 Å². The first-order valence-electron chi connectivity index (χ1n) is 14.0. The Morgan fingerprint density at radius 2 is 1.78 bits per heavy atom. The third-order valence-electron chi connectivity index (χ3n) is 7.36. The van der Waals surface area contributed by atoms with Crippen molar-refractivity contribution >= 4 is 37.0 Å². The van der Waals surface area contributed by atoms with Gasteiger partial charge in [0.25, 0.3) is 22.0 Å². The highest BCUT2D eigenvalue weighted by Crippen LogP contribution is 2.22. The quantitative estimate of drug-likeness (QED) is 0.219. The molecule has 5 rings (SSSR count). The predicted molar refractivity (Wildman–Crippen MR) is 160 cm³/mol. The zero-order valence-corrected chi connectivity index (χ0v) is 26.1. The van der Waals surface area contributed by atoms with Crippen LogP contribution in [0.4, 0.5) is 14.7 Å². The maximum Gasteiger partial charge on any atom is 0.284 e. The zero-order valence-electron chi connectivity index (χ0n) is 24.5. The van der Waals surface area contributed by atoms with Crippen molar-refractivity contribution in [3.63, 3.8) is 0 Å². The van der Waals surface area contributed by atoms with E-state index in [9.17, 15) is 30.4 Å². The Hall–Kier alpha value is -3.87. The van der Waals surface area contributed by atoms with Crippen LogP contribution in [0.1, 0.15) is 36.2 Å². The summed E-state index contributed by atoms with van der Waals surface area (Å²) in [4.78, 5) is 25.7. The number of fused-ring (bicyclic) bond motifs is 1. The number of anilines is 1. The second kappa shape index (κ2) is 13.2. The molecular weight excluding hydrogens is 634 g/mol. The molecule has 18 heteroatoms. The molecule has 4 aromatic rings. The van der Waals surface area contributed by atoms with Crippen LogP contribution in [0.15, 0.2) is 52.5 Å². The third-order valence-corrected chi connectivity index (χ3v) is 10.2. The number of piperidine rings is 1. The van der Waals surface area contributed by atoms with Crippen molar-refractivity contribution in [1.82, 2.24) is 33.0 Å². The summed E-state index contributed by atoms with van der Waals surface area (Å²) in [7, 11) is -7.19. The second-order valence-corrected chi connectivity index (χ2v) is 14.4. The van der Waals surface area contributed by atoms with Crippen molar-refractivity contribution in [2.75, 3.05) is 37.9 Å². The van der Waals surface area contributed by atoms with Gasteiger partial charge in [-0.15, -0.1) is 9.19 Å². The largest absolute Gasteiger partial charge is 0.379 e. The number of halogens is 2. The Balaban J connectivity index is 1.23. The number of hydrogen-bond acceptors (Lipinski definition) is 11. The standard InChI is InChI=1S/C27H32F2N8O6S2/c1-18-3-5-21(6-4-18)45(41,42)37-17-31-23(34-37)9-13-43-14-12-36-25-19(15-22(24(28)29)26(36)38)16-30-27(33-25)32-20-7-10-35(11-8-20)44(2,39)40/h3-6,15-17,20,24H,7-14H2,1-2H3,(H,30,32,33). The summed E-state index contributed by atoms with van der Waals surface area (Å²) in [5, 5.41) is 7.43. The molecule has 0 bridgehead atoms. The van der Waals surface area contributed by atoms with E-state index in [1.54, 1.807) is 12.1 Å². The van der Waals surface area contributed by atoms with Gasteiger partial charge in [0.2, 0.25) is 16.0 Å². The van der Waals surface area contributed by atoms with Gasteiger partial charge >= 0.3 is 0 Å². The smallest absolute Gasteiger partial charge is 0.284 e. The molecule has 1 aromatic carbocycles. The number of aromatic nitrogens is 6. The number of sulfonamides is 1. The van der Waals surface area contributed by atoms with E-state index in [0.29, 0.717) is 25.9 Å². The van der Waals surface area contributed by atoms with Gasteiger partial charge in [0.1, 0.15) is 12.0 Å². The molecule has 0 spiro atoms. The first kappa shape index (κ1) is 32.5. The molecule has 14 nitrogen and oxygen atoms in total. The van der Waals surface area contributed by atoms with Crippen LogP contribution in [-0.4, -0.2) is 88.4 Å². The Morgan fingerprint density at radius 1 is 1.07 bits per heavy atom. The molecule has 0 atom stereocenters. The molecule has 1 aliphatic heterocycles. The summed E-state index contributed by atoms with van der Waals surface area (Å²) in [6.07, 6.45) is 1.81. The third kappa shape index (κ3) is 7.51. The SMILES string of the molecule is Cc1ccc(S(=O)(=O)n2cnc(CCOCCn3c(=O)c(C(F)F)cc4cnc(NC5CCN(S(C)(=O)=O)CC5)nc43)n2)cc1. The highest BCUT2D eigenvalue weighted by Gasteiger charge is 2.26. The molecule has 0 aliphatic carbocycles. The average Bonchev–Trinajstić information content (AvgIpc) is 3.48. The van der Waals surface area contributed by atoms with Crippen molar-refractivity contribution in [3.05, 3.63) is 70.2 Å². The van der Waals surface area contributed by atoms with Gasteiger partial charge in [-0.05, 0) is 38.0 Å². The topological polar surface area (TPSA) is 171 Å². The molecule has 0 radical (unpaired) electrons. The number of alkyl halides is 2. The molecule has 1 fully saturated rings.